The molecule has 4 aromatic heterocycles. The van der Waals surface area contributed by atoms with Crippen LogP contribution in [-0.4, -0.2) is 18.7 Å². The van der Waals surface area contributed by atoms with Crippen LogP contribution in [0, 0.1) is 18.5 Å². The van der Waals surface area contributed by atoms with Gasteiger partial charge in [-0.15, -0.1) is 29.7 Å². The summed E-state index contributed by atoms with van der Waals surface area (Å²) in [6, 6.07) is 81.9. The topological polar surface area (TPSA) is 40.8 Å². The van der Waals surface area contributed by atoms with Gasteiger partial charge in [0, 0.05) is 60.7 Å². The molecule has 13 aromatic rings. The quantitative estimate of drug-likeness (QED) is 0.112. The number of fused-ring (bicyclic) bond motifs is 7. The Labute approximate surface area is 426 Å². The predicted octanol–water partition coefficient (Wildman–Crippen LogP) is 15.3. The van der Waals surface area contributed by atoms with E-state index in [0.717, 1.165) is 78.0 Å². The monoisotopic (exact) mass is 1090 g/mol. The molecular weight excluding hydrogens is 1050 g/mol. The van der Waals surface area contributed by atoms with Crippen LogP contribution in [0.3, 0.4) is 0 Å². The Bertz CT molecular complexity index is 4030. The average molecular weight is 1100 g/mol. The van der Waals surface area contributed by atoms with E-state index < -0.39 is 0 Å². The van der Waals surface area contributed by atoms with Crippen LogP contribution in [0.25, 0.3) is 99.8 Å². The number of hydrogen-bond donors (Lipinski definition) is 0. The molecule has 0 saturated heterocycles. The second-order valence-corrected chi connectivity index (χ2v) is 18.8. The Kier molecular flexibility index (Phi) is 10.9. The van der Waals surface area contributed by atoms with Crippen LogP contribution in [0.4, 0.5) is 0 Å². The zero-order valence-electron chi connectivity index (χ0n) is 39.2. The zero-order valence-corrected chi connectivity index (χ0v) is 41.5. The molecule has 71 heavy (non-hydrogen) atoms. The molecule has 0 unspecified atom stereocenters. The number of hydrogen-bond acceptors (Lipinski definition) is 2. The molecule has 4 heterocycles. The first-order chi connectivity index (χ1) is 34.4. The van der Waals surface area contributed by atoms with Crippen molar-refractivity contribution in [1.29, 1.82) is 0 Å². The van der Waals surface area contributed by atoms with Gasteiger partial charge < -0.3 is 18.4 Å². The third-order valence-electron chi connectivity index (χ3n) is 13.5. The largest absolute Gasteiger partial charge is 0.510 e. The van der Waals surface area contributed by atoms with Crippen molar-refractivity contribution in [3.63, 3.8) is 0 Å². The van der Waals surface area contributed by atoms with Crippen molar-refractivity contribution in [1.82, 2.24) is 18.7 Å². The number of imidazole rings is 1. The fourth-order valence-corrected chi connectivity index (χ4v) is 10.2. The molecule has 0 amide bonds. The first-order valence-electron chi connectivity index (χ1n) is 23.7. The standard InChI is InChI=1S/C64H45N5O.Pt/c1-64(2,3)45-36-37-65-62(38-45)69-58-35-32-47(68-56-28-12-10-24-52(56)53-25-11-13-29-57(53)68)40-55(58)54-34-33-49(41-61(54)69)70-48-23-16-22-46(39-48)66-42-67(60-31-15-14-30-59(60)66)63-50(43-18-6-4-7-19-43)26-17-27-51(63)44-20-8-5-9-21-44;/h4-38,40H,1-3H3;/q-2;. The van der Waals surface area contributed by atoms with Crippen molar-refractivity contribution in [2.24, 2.45) is 0 Å². The molecule has 7 heteroatoms. The molecule has 6 nitrogen and oxygen atoms in total. The van der Waals surface area contributed by atoms with E-state index in [0.29, 0.717) is 11.5 Å². The molecule has 13 rings (SSSR count). The summed E-state index contributed by atoms with van der Waals surface area (Å²) >= 11 is 0. The van der Waals surface area contributed by atoms with E-state index in [9.17, 15) is 0 Å². The molecule has 0 aliphatic rings. The number of para-hydroxylation sites is 5. The van der Waals surface area contributed by atoms with Gasteiger partial charge in [-0.25, -0.2) is 4.98 Å². The van der Waals surface area contributed by atoms with Gasteiger partial charge in [0.05, 0.1) is 27.8 Å². The molecule has 0 N–H and O–H groups in total. The summed E-state index contributed by atoms with van der Waals surface area (Å²) < 4.78 is 15.6. The zero-order chi connectivity index (χ0) is 46.9. The fraction of sp³-hybridized carbons (Fsp3) is 0.0625. The maximum absolute atomic E-state index is 6.77. The van der Waals surface area contributed by atoms with Crippen molar-refractivity contribution in [3.8, 4) is 56.6 Å². The molecular formula is C64H45N5OPt-2. The second kappa shape index (κ2) is 17.6. The van der Waals surface area contributed by atoms with E-state index in [1.165, 1.54) is 27.4 Å². The Morgan fingerprint density at radius 1 is 0.493 bits per heavy atom. The summed E-state index contributed by atoms with van der Waals surface area (Å²) in [5.74, 6) is 1.96. The first-order valence-corrected chi connectivity index (χ1v) is 23.7. The van der Waals surface area contributed by atoms with E-state index in [4.69, 9.17) is 9.72 Å². The normalized spacial score (nSPS) is 11.8. The van der Waals surface area contributed by atoms with Crippen LogP contribution in [0.15, 0.2) is 219 Å². The van der Waals surface area contributed by atoms with Gasteiger partial charge in [-0.2, -0.15) is 18.2 Å². The summed E-state index contributed by atoms with van der Waals surface area (Å²) in [7, 11) is 0. The average Bonchev–Trinajstić information content (AvgIpc) is 4.06. The summed E-state index contributed by atoms with van der Waals surface area (Å²) in [5, 5.41) is 4.61. The van der Waals surface area contributed by atoms with Crippen LogP contribution in [0.2, 0.25) is 0 Å². The fourth-order valence-electron chi connectivity index (χ4n) is 10.2. The van der Waals surface area contributed by atoms with Crippen molar-refractivity contribution in [3.05, 3.63) is 243 Å². The van der Waals surface area contributed by atoms with Crippen molar-refractivity contribution >= 4 is 54.6 Å². The number of nitrogens with zero attached hydrogens (tertiary/aromatic N) is 5. The molecule has 0 fully saturated rings. The van der Waals surface area contributed by atoms with E-state index in [2.05, 4.69) is 252 Å². The van der Waals surface area contributed by atoms with Crippen LogP contribution in [-0.2, 0) is 26.5 Å². The molecule has 0 atom stereocenters. The molecule has 0 aliphatic heterocycles. The third-order valence-corrected chi connectivity index (χ3v) is 13.5. The predicted molar refractivity (Wildman–Crippen MR) is 284 cm³/mol. The van der Waals surface area contributed by atoms with Crippen LogP contribution < -0.4 is 9.30 Å². The summed E-state index contributed by atoms with van der Waals surface area (Å²) in [5.41, 5.74) is 14.8. The molecule has 9 aromatic carbocycles. The number of pyridine rings is 1. The van der Waals surface area contributed by atoms with Gasteiger partial charge in [-0.1, -0.05) is 166 Å². The third kappa shape index (κ3) is 7.54. The van der Waals surface area contributed by atoms with Crippen molar-refractivity contribution in [2.75, 3.05) is 0 Å². The summed E-state index contributed by atoms with van der Waals surface area (Å²) in [6.45, 7) is 6.70. The van der Waals surface area contributed by atoms with E-state index in [1.807, 2.05) is 24.4 Å². The second-order valence-electron chi connectivity index (χ2n) is 18.8. The number of benzene rings is 9. The first kappa shape index (κ1) is 43.9. The van der Waals surface area contributed by atoms with Crippen molar-refractivity contribution in [2.45, 2.75) is 26.2 Å². The Morgan fingerprint density at radius 2 is 1.10 bits per heavy atom. The number of rotatable bonds is 8. The van der Waals surface area contributed by atoms with Crippen LogP contribution >= 0.6 is 0 Å². The number of ether oxygens (including phenoxy) is 1. The Hall–Kier alpha value is -8.31. The van der Waals surface area contributed by atoms with Gasteiger partial charge in [0.1, 0.15) is 5.82 Å². The van der Waals surface area contributed by atoms with Gasteiger partial charge in [0.15, 0.2) is 0 Å². The van der Waals surface area contributed by atoms with Gasteiger partial charge in [-0.05, 0) is 86.8 Å². The van der Waals surface area contributed by atoms with Gasteiger partial charge in [0.2, 0.25) is 0 Å². The minimum Gasteiger partial charge on any atom is -0.510 e. The maximum Gasteiger partial charge on any atom is 0.268 e. The summed E-state index contributed by atoms with van der Waals surface area (Å²) in [4.78, 5) is 4.99. The van der Waals surface area contributed by atoms with Crippen LogP contribution in [0.1, 0.15) is 26.3 Å². The molecule has 0 radical (unpaired) electrons. The minimum absolute atomic E-state index is 0. The minimum atomic E-state index is -0.0732. The van der Waals surface area contributed by atoms with E-state index in [1.54, 1.807) is 0 Å². The molecule has 344 valence electrons. The Balaban J connectivity index is 0.00000517. The SMILES string of the molecule is CC(C)(C)c1ccnc(-n2c3[c-]c(Oc4[c-]c(-n5[c-][n+](-c6c(-c7ccccc7)cccc6-c6ccccc6)c6ccccc65)ccc4)ccc3c3cc(-n4c5ccccc5c5ccccc54)ccc32)c1.[Pt]. The molecule has 0 bridgehead atoms. The van der Waals surface area contributed by atoms with Crippen molar-refractivity contribution < 1.29 is 30.4 Å². The number of aromatic nitrogens is 5. The molecule has 0 aliphatic carbocycles. The van der Waals surface area contributed by atoms with Gasteiger partial charge >= 0.3 is 0 Å². The van der Waals surface area contributed by atoms with E-state index in [-0.39, 0.29) is 26.5 Å². The van der Waals surface area contributed by atoms with Gasteiger partial charge in [0.25, 0.3) is 6.33 Å². The Morgan fingerprint density at radius 3 is 1.79 bits per heavy atom. The smallest absolute Gasteiger partial charge is 0.268 e. The molecule has 0 saturated carbocycles. The van der Waals surface area contributed by atoms with E-state index >= 15 is 0 Å². The molecule has 0 spiro atoms. The summed E-state index contributed by atoms with van der Waals surface area (Å²) in [6.07, 6.45) is 5.69. The van der Waals surface area contributed by atoms with Gasteiger partial charge in [-0.3, -0.25) is 4.57 Å². The van der Waals surface area contributed by atoms with Crippen LogP contribution in [0.5, 0.6) is 11.5 Å². The maximum atomic E-state index is 6.77.